The second kappa shape index (κ2) is 6.51. The molecule has 5 nitrogen and oxygen atoms in total. The van der Waals surface area contributed by atoms with Crippen LogP contribution in [0, 0.1) is 0 Å². The van der Waals surface area contributed by atoms with Crippen LogP contribution in [0.5, 0.6) is 0 Å². The van der Waals surface area contributed by atoms with E-state index in [0.29, 0.717) is 39.7 Å². The van der Waals surface area contributed by atoms with Crippen molar-refractivity contribution in [2.24, 2.45) is 0 Å². The number of anilines is 1. The SMILES string of the molecule is C=C(C)C(=O)Nc1ccc2c3c(cccc13)C(=O)N(CCCC)C2=O. The summed E-state index contributed by atoms with van der Waals surface area (Å²) in [6, 6.07) is 8.67. The van der Waals surface area contributed by atoms with Crippen molar-refractivity contribution in [3.8, 4) is 0 Å². The maximum Gasteiger partial charge on any atom is 0.261 e. The number of nitrogens with one attached hydrogen (secondary N) is 1. The molecule has 3 amide bonds. The van der Waals surface area contributed by atoms with Crippen LogP contribution in [0.2, 0.25) is 0 Å². The zero-order valence-corrected chi connectivity index (χ0v) is 14.4. The number of imide groups is 1. The molecule has 0 radical (unpaired) electrons. The van der Waals surface area contributed by atoms with Gasteiger partial charge in [-0.2, -0.15) is 0 Å². The smallest absolute Gasteiger partial charge is 0.261 e. The third kappa shape index (κ3) is 2.82. The molecule has 2 aromatic carbocycles. The van der Waals surface area contributed by atoms with E-state index in [2.05, 4.69) is 11.9 Å². The molecular weight excluding hydrogens is 316 g/mol. The van der Waals surface area contributed by atoms with Crippen LogP contribution < -0.4 is 5.32 Å². The van der Waals surface area contributed by atoms with E-state index in [1.807, 2.05) is 6.92 Å². The molecule has 1 aliphatic rings. The lowest BCUT2D eigenvalue weighted by molar-refractivity contribution is -0.112. The van der Waals surface area contributed by atoms with Gasteiger partial charge in [-0.15, -0.1) is 0 Å². The number of unbranched alkanes of at least 4 members (excludes halogenated alkanes) is 1. The fraction of sp³-hybridized carbons (Fsp3) is 0.250. The first kappa shape index (κ1) is 16.9. The minimum absolute atomic E-state index is 0.278. The Labute approximate surface area is 146 Å². The molecule has 0 spiro atoms. The molecule has 0 bridgehead atoms. The lowest BCUT2D eigenvalue weighted by Gasteiger charge is -2.27. The first-order chi connectivity index (χ1) is 12.0. The summed E-state index contributed by atoms with van der Waals surface area (Å²) < 4.78 is 0. The highest BCUT2D eigenvalue weighted by Gasteiger charge is 2.32. The van der Waals surface area contributed by atoms with Gasteiger partial charge in [-0.25, -0.2) is 0 Å². The minimum Gasteiger partial charge on any atom is -0.322 e. The maximum atomic E-state index is 12.8. The van der Waals surface area contributed by atoms with Crippen LogP contribution >= 0.6 is 0 Å². The number of rotatable bonds is 5. The zero-order valence-electron chi connectivity index (χ0n) is 14.4. The van der Waals surface area contributed by atoms with E-state index in [9.17, 15) is 14.4 Å². The van der Waals surface area contributed by atoms with Gasteiger partial charge < -0.3 is 5.32 Å². The first-order valence-electron chi connectivity index (χ1n) is 8.34. The topological polar surface area (TPSA) is 66.5 Å². The van der Waals surface area contributed by atoms with Crippen molar-refractivity contribution in [3.63, 3.8) is 0 Å². The van der Waals surface area contributed by atoms with E-state index in [0.717, 1.165) is 12.8 Å². The van der Waals surface area contributed by atoms with Crippen LogP contribution in [0.25, 0.3) is 10.8 Å². The molecule has 0 fully saturated rings. The molecule has 5 heteroatoms. The molecular formula is C20H20N2O3. The Bertz CT molecular complexity index is 892. The highest BCUT2D eigenvalue weighted by atomic mass is 16.2. The Morgan fingerprint density at radius 2 is 1.80 bits per heavy atom. The largest absolute Gasteiger partial charge is 0.322 e. The third-order valence-corrected chi connectivity index (χ3v) is 4.36. The third-order valence-electron chi connectivity index (χ3n) is 4.36. The van der Waals surface area contributed by atoms with E-state index in [-0.39, 0.29) is 17.7 Å². The van der Waals surface area contributed by atoms with Crippen molar-refractivity contribution in [1.29, 1.82) is 0 Å². The van der Waals surface area contributed by atoms with Crippen molar-refractivity contribution in [3.05, 3.63) is 53.6 Å². The van der Waals surface area contributed by atoms with Gasteiger partial charge in [0.15, 0.2) is 0 Å². The molecule has 25 heavy (non-hydrogen) atoms. The van der Waals surface area contributed by atoms with E-state index in [1.54, 1.807) is 37.3 Å². The summed E-state index contributed by atoms with van der Waals surface area (Å²) in [5.41, 5.74) is 1.94. The molecule has 1 heterocycles. The summed E-state index contributed by atoms with van der Waals surface area (Å²) in [6.07, 6.45) is 1.68. The van der Waals surface area contributed by atoms with Gasteiger partial charge in [0, 0.05) is 39.7 Å². The van der Waals surface area contributed by atoms with Crippen molar-refractivity contribution >= 4 is 34.2 Å². The normalized spacial score (nSPS) is 13.3. The molecule has 3 rings (SSSR count). The summed E-state index contributed by atoms with van der Waals surface area (Å²) in [5.74, 6) is -0.849. The summed E-state index contributed by atoms with van der Waals surface area (Å²) in [4.78, 5) is 38.8. The Hall–Kier alpha value is -2.95. The van der Waals surface area contributed by atoms with Gasteiger partial charge in [-0.05, 0) is 31.5 Å². The zero-order chi connectivity index (χ0) is 18.1. The van der Waals surface area contributed by atoms with Gasteiger partial charge in [0.25, 0.3) is 17.7 Å². The van der Waals surface area contributed by atoms with Gasteiger partial charge in [0.2, 0.25) is 0 Å². The van der Waals surface area contributed by atoms with Crippen molar-refractivity contribution in [2.45, 2.75) is 26.7 Å². The summed E-state index contributed by atoms with van der Waals surface area (Å²) in [6.45, 7) is 7.69. The molecule has 0 aromatic heterocycles. The molecule has 2 aromatic rings. The molecule has 0 saturated heterocycles. The predicted octanol–water partition coefficient (Wildman–Crippen LogP) is 3.75. The van der Waals surface area contributed by atoms with Gasteiger partial charge in [0.05, 0.1) is 0 Å². The van der Waals surface area contributed by atoms with Gasteiger partial charge >= 0.3 is 0 Å². The quantitative estimate of drug-likeness (QED) is 0.668. The van der Waals surface area contributed by atoms with Crippen LogP contribution in [0.15, 0.2) is 42.5 Å². The van der Waals surface area contributed by atoms with Crippen molar-refractivity contribution in [2.75, 3.05) is 11.9 Å². The minimum atomic E-state index is -0.293. The van der Waals surface area contributed by atoms with Crippen LogP contribution in [0.1, 0.15) is 47.4 Å². The monoisotopic (exact) mass is 336 g/mol. The van der Waals surface area contributed by atoms with E-state index >= 15 is 0 Å². The lowest BCUT2D eigenvalue weighted by atomic mass is 9.93. The Balaban J connectivity index is 2.14. The highest BCUT2D eigenvalue weighted by Crippen LogP contribution is 2.34. The molecule has 0 saturated carbocycles. The van der Waals surface area contributed by atoms with Crippen molar-refractivity contribution < 1.29 is 14.4 Å². The van der Waals surface area contributed by atoms with Crippen LogP contribution in [0.4, 0.5) is 5.69 Å². The number of carbonyl (C=O) groups is 3. The fourth-order valence-corrected chi connectivity index (χ4v) is 3.00. The van der Waals surface area contributed by atoms with Crippen molar-refractivity contribution in [1.82, 2.24) is 4.90 Å². The molecule has 0 atom stereocenters. The van der Waals surface area contributed by atoms with E-state index < -0.39 is 0 Å². The number of carbonyl (C=O) groups excluding carboxylic acids is 3. The summed E-state index contributed by atoms with van der Waals surface area (Å²) >= 11 is 0. The summed E-state index contributed by atoms with van der Waals surface area (Å²) in [7, 11) is 0. The number of amides is 3. The van der Waals surface area contributed by atoms with E-state index in [4.69, 9.17) is 0 Å². The average molecular weight is 336 g/mol. The molecule has 0 aliphatic carbocycles. The molecule has 1 N–H and O–H groups in total. The lowest BCUT2D eigenvalue weighted by Crippen LogP contribution is -2.40. The van der Waals surface area contributed by atoms with Gasteiger partial charge in [-0.1, -0.05) is 32.1 Å². The Morgan fingerprint density at radius 3 is 2.44 bits per heavy atom. The average Bonchev–Trinajstić information content (AvgIpc) is 2.60. The predicted molar refractivity (Wildman–Crippen MR) is 97.7 cm³/mol. The first-order valence-corrected chi connectivity index (χ1v) is 8.34. The molecule has 1 aliphatic heterocycles. The number of benzene rings is 2. The standard InChI is InChI=1S/C20H20N2O3/c1-4-5-11-22-19(24)14-8-6-7-13-16(21-18(23)12(2)3)10-9-15(17(13)14)20(22)25/h6-10H,2,4-5,11H2,1,3H3,(H,21,23). The van der Waals surface area contributed by atoms with Gasteiger partial charge in [0.1, 0.15) is 0 Å². The second-order valence-corrected chi connectivity index (χ2v) is 6.24. The Morgan fingerprint density at radius 1 is 1.12 bits per heavy atom. The Kier molecular flexibility index (Phi) is 4.40. The number of hydrogen-bond acceptors (Lipinski definition) is 3. The van der Waals surface area contributed by atoms with Gasteiger partial charge in [-0.3, -0.25) is 19.3 Å². The molecule has 128 valence electrons. The van der Waals surface area contributed by atoms with Crippen LogP contribution in [-0.4, -0.2) is 29.2 Å². The highest BCUT2D eigenvalue weighted by molar-refractivity contribution is 6.27. The fourth-order valence-electron chi connectivity index (χ4n) is 3.00. The van der Waals surface area contributed by atoms with Crippen LogP contribution in [-0.2, 0) is 4.79 Å². The second-order valence-electron chi connectivity index (χ2n) is 6.24. The molecule has 0 unspecified atom stereocenters. The number of nitrogens with zero attached hydrogens (tertiary/aromatic N) is 1. The van der Waals surface area contributed by atoms with Crippen LogP contribution in [0.3, 0.4) is 0 Å². The summed E-state index contributed by atoms with van der Waals surface area (Å²) in [5, 5.41) is 4.07. The number of hydrogen-bond donors (Lipinski definition) is 1. The maximum absolute atomic E-state index is 12.8. The van der Waals surface area contributed by atoms with E-state index in [1.165, 1.54) is 4.90 Å².